The molecule has 5 nitrogen and oxygen atoms in total. The maximum atomic E-state index is 13.6. The highest BCUT2D eigenvalue weighted by Crippen LogP contribution is 2.27. The third kappa shape index (κ3) is 2.19. The number of benzene rings is 1. The van der Waals surface area contributed by atoms with E-state index in [9.17, 15) is 9.18 Å². The van der Waals surface area contributed by atoms with Crippen molar-refractivity contribution in [3.8, 4) is 0 Å². The number of carboxylic acid groups (broad SMARTS) is 1. The lowest BCUT2D eigenvalue weighted by atomic mass is 10.2. The third-order valence-corrected chi connectivity index (χ3v) is 3.54. The van der Waals surface area contributed by atoms with Gasteiger partial charge in [0.25, 0.3) is 0 Å². The average molecular weight is 289 g/mol. The largest absolute Gasteiger partial charge is 0.478 e. The van der Waals surface area contributed by atoms with E-state index in [0.29, 0.717) is 11.5 Å². The molecule has 100 valence electrons. The molecule has 2 heterocycles. The smallest absolute Gasteiger partial charge is 0.338 e. The minimum atomic E-state index is -1.30. The molecule has 0 aliphatic heterocycles. The van der Waals surface area contributed by atoms with Crippen LogP contribution in [0.3, 0.4) is 0 Å². The van der Waals surface area contributed by atoms with E-state index < -0.39 is 11.8 Å². The Morgan fingerprint density at radius 1 is 1.30 bits per heavy atom. The van der Waals surface area contributed by atoms with Crippen molar-refractivity contribution in [2.75, 3.05) is 5.32 Å². The number of nitrogens with zero attached hydrogens (tertiary/aromatic N) is 2. The summed E-state index contributed by atoms with van der Waals surface area (Å²) in [5, 5.41) is 14.5. The molecule has 2 aromatic heterocycles. The van der Waals surface area contributed by atoms with Crippen LogP contribution in [-0.2, 0) is 0 Å². The van der Waals surface area contributed by atoms with Crippen LogP contribution >= 0.6 is 11.3 Å². The number of nitrogens with one attached hydrogen (secondary N) is 1. The maximum absolute atomic E-state index is 13.6. The fraction of sp³-hybridized carbons (Fsp3) is 0. The van der Waals surface area contributed by atoms with Crippen LogP contribution in [-0.4, -0.2) is 21.0 Å². The van der Waals surface area contributed by atoms with Crippen molar-refractivity contribution in [1.82, 2.24) is 9.97 Å². The molecule has 2 N–H and O–H groups in total. The molecule has 20 heavy (non-hydrogen) atoms. The van der Waals surface area contributed by atoms with Gasteiger partial charge in [-0.15, -0.1) is 11.3 Å². The van der Waals surface area contributed by atoms with Crippen molar-refractivity contribution >= 4 is 39.0 Å². The fourth-order valence-corrected chi connectivity index (χ4v) is 2.53. The van der Waals surface area contributed by atoms with Gasteiger partial charge in [0, 0.05) is 5.69 Å². The zero-order valence-electron chi connectivity index (χ0n) is 10.0. The fourth-order valence-electron chi connectivity index (χ4n) is 1.79. The summed E-state index contributed by atoms with van der Waals surface area (Å²) in [6, 6.07) is 5.70. The van der Waals surface area contributed by atoms with Crippen molar-refractivity contribution in [3.63, 3.8) is 0 Å². The summed E-state index contributed by atoms with van der Waals surface area (Å²) < 4.78 is 13.6. The number of carbonyl (C=O) groups is 1. The first-order chi connectivity index (χ1) is 9.65. The first-order valence-electron chi connectivity index (χ1n) is 5.63. The second-order valence-electron chi connectivity index (χ2n) is 3.99. The summed E-state index contributed by atoms with van der Waals surface area (Å²) in [6.07, 6.45) is 1.42. The molecule has 0 bridgehead atoms. The molecular formula is C13H8FN3O2S. The SMILES string of the molecule is O=C(O)c1ccc(Nc2ncnc3sccc23)cc1F. The van der Waals surface area contributed by atoms with Crippen molar-refractivity contribution in [2.45, 2.75) is 0 Å². The second kappa shape index (κ2) is 4.86. The van der Waals surface area contributed by atoms with Crippen molar-refractivity contribution in [2.24, 2.45) is 0 Å². The zero-order valence-corrected chi connectivity index (χ0v) is 10.8. The summed E-state index contributed by atoms with van der Waals surface area (Å²) in [4.78, 5) is 19.8. The van der Waals surface area contributed by atoms with Gasteiger partial charge in [0.05, 0.1) is 10.9 Å². The molecule has 3 aromatic rings. The highest BCUT2D eigenvalue weighted by Gasteiger charge is 2.11. The van der Waals surface area contributed by atoms with E-state index >= 15 is 0 Å². The van der Waals surface area contributed by atoms with Gasteiger partial charge in [-0.25, -0.2) is 19.2 Å². The quantitative estimate of drug-likeness (QED) is 0.774. The third-order valence-electron chi connectivity index (χ3n) is 2.72. The minimum Gasteiger partial charge on any atom is -0.478 e. The molecule has 0 atom stereocenters. The van der Waals surface area contributed by atoms with Gasteiger partial charge < -0.3 is 10.4 Å². The molecule has 0 saturated carbocycles. The highest BCUT2D eigenvalue weighted by atomic mass is 32.1. The number of fused-ring (bicyclic) bond motifs is 1. The molecule has 0 fully saturated rings. The van der Waals surface area contributed by atoms with Crippen LogP contribution in [0.15, 0.2) is 36.0 Å². The molecule has 3 rings (SSSR count). The number of halogens is 1. The van der Waals surface area contributed by atoms with Crippen LogP contribution in [0.5, 0.6) is 0 Å². The first-order valence-corrected chi connectivity index (χ1v) is 6.51. The Balaban J connectivity index is 1.97. The summed E-state index contributed by atoms with van der Waals surface area (Å²) in [7, 11) is 0. The number of anilines is 2. The van der Waals surface area contributed by atoms with E-state index in [1.54, 1.807) is 0 Å². The van der Waals surface area contributed by atoms with E-state index in [1.165, 1.54) is 29.8 Å². The average Bonchev–Trinajstić information content (AvgIpc) is 2.87. The van der Waals surface area contributed by atoms with Gasteiger partial charge >= 0.3 is 5.97 Å². The lowest BCUT2D eigenvalue weighted by Gasteiger charge is -2.07. The summed E-state index contributed by atoms with van der Waals surface area (Å²) >= 11 is 1.48. The number of aromatic nitrogens is 2. The summed E-state index contributed by atoms with van der Waals surface area (Å²) in [5.41, 5.74) is 0.0672. The van der Waals surface area contributed by atoms with E-state index in [2.05, 4.69) is 15.3 Å². The Morgan fingerprint density at radius 3 is 2.90 bits per heavy atom. The molecule has 0 aliphatic rings. The Morgan fingerprint density at radius 2 is 2.15 bits per heavy atom. The highest BCUT2D eigenvalue weighted by molar-refractivity contribution is 7.16. The minimum absolute atomic E-state index is 0.362. The van der Waals surface area contributed by atoms with Gasteiger partial charge in [0.15, 0.2) is 0 Å². The monoisotopic (exact) mass is 289 g/mol. The van der Waals surface area contributed by atoms with Gasteiger partial charge in [-0.05, 0) is 29.6 Å². The van der Waals surface area contributed by atoms with E-state index in [-0.39, 0.29) is 5.56 Å². The molecule has 0 unspecified atom stereocenters. The van der Waals surface area contributed by atoms with E-state index in [4.69, 9.17) is 5.11 Å². The molecule has 0 spiro atoms. The van der Waals surface area contributed by atoms with Crippen LogP contribution in [0.1, 0.15) is 10.4 Å². The van der Waals surface area contributed by atoms with Gasteiger partial charge in [-0.2, -0.15) is 0 Å². The molecule has 7 heteroatoms. The summed E-state index contributed by atoms with van der Waals surface area (Å²) in [5.74, 6) is -1.53. The van der Waals surface area contributed by atoms with Crippen LogP contribution in [0.25, 0.3) is 10.2 Å². The van der Waals surface area contributed by atoms with Crippen molar-refractivity contribution < 1.29 is 14.3 Å². The predicted octanol–water partition coefficient (Wildman–Crippen LogP) is 3.27. The Kier molecular flexibility index (Phi) is 3.03. The number of hydrogen-bond acceptors (Lipinski definition) is 5. The van der Waals surface area contributed by atoms with E-state index in [0.717, 1.165) is 16.3 Å². The zero-order chi connectivity index (χ0) is 14.1. The van der Waals surface area contributed by atoms with Gasteiger partial charge in [0.2, 0.25) is 0 Å². The van der Waals surface area contributed by atoms with Crippen LogP contribution in [0, 0.1) is 5.82 Å². The summed E-state index contributed by atoms with van der Waals surface area (Å²) in [6.45, 7) is 0. The van der Waals surface area contributed by atoms with Crippen molar-refractivity contribution in [1.29, 1.82) is 0 Å². The topological polar surface area (TPSA) is 75.1 Å². The molecule has 0 amide bonds. The standard InChI is InChI=1S/C13H8FN3O2S/c14-10-5-7(1-2-8(10)13(18)19)17-11-9-3-4-20-12(9)16-6-15-11/h1-6H,(H,18,19)(H,15,16,17). The first kappa shape index (κ1) is 12.5. The second-order valence-corrected chi connectivity index (χ2v) is 4.88. The normalized spacial score (nSPS) is 10.7. The van der Waals surface area contributed by atoms with Crippen LogP contribution in [0.2, 0.25) is 0 Å². The molecule has 0 saturated heterocycles. The number of thiophene rings is 1. The number of carboxylic acids is 1. The lowest BCUT2D eigenvalue weighted by molar-refractivity contribution is 0.0692. The van der Waals surface area contributed by atoms with Crippen LogP contribution in [0.4, 0.5) is 15.9 Å². The van der Waals surface area contributed by atoms with Gasteiger partial charge in [-0.1, -0.05) is 0 Å². The number of hydrogen-bond donors (Lipinski definition) is 2. The lowest BCUT2D eigenvalue weighted by Crippen LogP contribution is -2.02. The maximum Gasteiger partial charge on any atom is 0.338 e. The molecular weight excluding hydrogens is 281 g/mol. The Bertz CT molecular complexity index is 803. The Hall–Kier alpha value is -2.54. The molecule has 0 aliphatic carbocycles. The van der Waals surface area contributed by atoms with Crippen molar-refractivity contribution in [3.05, 3.63) is 47.4 Å². The number of aromatic carboxylic acids is 1. The molecule has 1 aromatic carbocycles. The van der Waals surface area contributed by atoms with Gasteiger partial charge in [0.1, 0.15) is 22.8 Å². The Labute approximate surface area is 116 Å². The molecule has 0 radical (unpaired) electrons. The van der Waals surface area contributed by atoms with Crippen LogP contribution < -0.4 is 5.32 Å². The van der Waals surface area contributed by atoms with E-state index in [1.807, 2.05) is 11.4 Å². The predicted molar refractivity (Wildman–Crippen MR) is 74.1 cm³/mol. The van der Waals surface area contributed by atoms with Gasteiger partial charge in [-0.3, -0.25) is 0 Å². The number of rotatable bonds is 3.